The molecule has 1 amide bonds. The molecule has 7 nitrogen and oxygen atoms in total. The molecule has 0 spiro atoms. The molecular weight excluding hydrogens is 409 g/mol. The lowest BCUT2D eigenvalue weighted by molar-refractivity contribution is -0.605. The second kappa shape index (κ2) is 9.38. The number of alkyl halides is 3. The first kappa shape index (κ1) is 22.9. The number of carbonyl (C=O) groups excluding carboxylic acids is 1. The second-order valence-corrected chi connectivity index (χ2v) is 8.25. The van der Waals surface area contributed by atoms with E-state index < -0.39 is 35.1 Å². The minimum Gasteiger partial charge on any atom is -0.619 e. The summed E-state index contributed by atoms with van der Waals surface area (Å²) in [6.45, 7) is 5.33. The number of carbonyl (C=O) groups is 1. The van der Waals surface area contributed by atoms with Gasteiger partial charge in [0.05, 0.1) is 24.0 Å². The maximum atomic E-state index is 12.8. The van der Waals surface area contributed by atoms with E-state index in [1.807, 2.05) is 0 Å². The van der Waals surface area contributed by atoms with E-state index >= 15 is 0 Å². The van der Waals surface area contributed by atoms with Gasteiger partial charge in [-0.3, -0.25) is 9.00 Å². The number of amides is 1. The highest BCUT2D eigenvalue weighted by atomic mass is 32.2. The van der Waals surface area contributed by atoms with E-state index in [0.717, 1.165) is 0 Å². The molecule has 0 bridgehead atoms. The van der Waals surface area contributed by atoms with Crippen LogP contribution >= 0.6 is 0 Å². The molecule has 0 saturated carbocycles. The molecule has 0 fully saturated rings. The summed E-state index contributed by atoms with van der Waals surface area (Å²) in [4.78, 5) is 14.3. The number of hydrogen-bond donors (Lipinski definition) is 0. The minimum absolute atomic E-state index is 0.145. The van der Waals surface area contributed by atoms with E-state index in [1.54, 1.807) is 39.1 Å². The van der Waals surface area contributed by atoms with Crippen LogP contribution in [-0.4, -0.2) is 44.1 Å². The summed E-state index contributed by atoms with van der Waals surface area (Å²) in [7, 11) is -1.75. The summed E-state index contributed by atoms with van der Waals surface area (Å²) in [6, 6.07) is 3.26. The molecule has 160 valence electrons. The van der Waals surface area contributed by atoms with Gasteiger partial charge in [0, 0.05) is 40.8 Å². The summed E-state index contributed by atoms with van der Waals surface area (Å²) in [6.07, 6.45) is -1.23. The zero-order chi connectivity index (χ0) is 21.8. The molecule has 2 unspecified atom stereocenters. The quantitative estimate of drug-likeness (QED) is 0.474. The van der Waals surface area contributed by atoms with Crippen molar-refractivity contribution in [1.29, 1.82) is 0 Å². The minimum atomic E-state index is -4.37. The number of anilines is 1. The van der Waals surface area contributed by atoms with E-state index in [2.05, 4.69) is 5.10 Å². The topological polar surface area (TPSA) is 82.1 Å². The molecule has 0 radical (unpaired) electrons. The molecule has 2 aromatic rings. The van der Waals surface area contributed by atoms with Crippen molar-refractivity contribution >= 4 is 22.4 Å². The lowest BCUT2D eigenvalue weighted by Gasteiger charge is -2.23. The van der Waals surface area contributed by atoms with Crippen LogP contribution in [-0.2, 0) is 15.6 Å². The lowest BCUT2D eigenvalue weighted by Crippen LogP contribution is -2.37. The normalized spacial score (nSPS) is 13.9. The van der Waals surface area contributed by atoms with Crippen LogP contribution in [0.4, 0.5) is 18.9 Å². The van der Waals surface area contributed by atoms with Crippen LogP contribution in [0, 0.1) is 18.0 Å². The predicted molar refractivity (Wildman–Crippen MR) is 103 cm³/mol. The third-order valence-electron chi connectivity index (χ3n) is 4.24. The zero-order valence-electron chi connectivity index (χ0n) is 16.3. The molecule has 0 aliphatic heterocycles. The van der Waals surface area contributed by atoms with Crippen LogP contribution in [0.25, 0.3) is 5.69 Å². The molecule has 2 atom stereocenters. The number of aromatic nitrogens is 3. The summed E-state index contributed by atoms with van der Waals surface area (Å²) in [5, 5.41) is 15.8. The van der Waals surface area contributed by atoms with Crippen molar-refractivity contribution in [3.8, 4) is 5.69 Å². The van der Waals surface area contributed by atoms with E-state index in [0.29, 0.717) is 28.3 Å². The fourth-order valence-electron chi connectivity index (χ4n) is 2.80. The first-order valence-corrected chi connectivity index (χ1v) is 10.5. The number of rotatable bonds is 8. The molecule has 0 aliphatic carbocycles. The fourth-order valence-corrected chi connectivity index (χ4v) is 4.13. The highest BCUT2D eigenvalue weighted by molar-refractivity contribution is 7.85. The monoisotopic (exact) mass is 432 g/mol. The summed E-state index contributed by atoms with van der Waals surface area (Å²) < 4.78 is 50.9. The van der Waals surface area contributed by atoms with Crippen LogP contribution in [0.15, 0.2) is 30.7 Å². The Morgan fingerprint density at radius 2 is 2.14 bits per heavy atom. The Hall–Kier alpha value is -2.43. The van der Waals surface area contributed by atoms with Gasteiger partial charge in [0.15, 0.2) is 6.20 Å². The second-order valence-electron chi connectivity index (χ2n) is 6.63. The van der Waals surface area contributed by atoms with Crippen LogP contribution < -0.4 is 9.63 Å². The average Bonchev–Trinajstić information content (AvgIpc) is 3.01. The van der Waals surface area contributed by atoms with Crippen LogP contribution in [0.5, 0.6) is 0 Å². The van der Waals surface area contributed by atoms with Gasteiger partial charge in [-0.2, -0.15) is 23.0 Å². The molecule has 0 aliphatic rings. The van der Waals surface area contributed by atoms with Gasteiger partial charge in [0.2, 0.25) is 12.1 Å². The maximum Gasteiger partial charge on any atom is 0.390 e. The third kappa shape index (κ3) is 6.28. The van der Waals surface area contributed by atoms with Gasteiger partial charge in [-0.05, 0) is 19.9 Å². The van der Waals surface area contributed by atoms with Crippen molar-refractivity contribution in [1.82, 2.24) is 9.78 Å². The molecule has 29 heavy (non-hydrogen) atoms. The SMILES string of the molecule is CCN(C(=O)C(C)CS(=O)CCC(F)(F)F)c1cn(-c2ccc[n+]([O-])c2)nc1C. The van der Waals surface area contributed by atoms with Gasteiger partial charge in [0.25, 0.3) is 0 Å². The first-order valence-electron chi connectivity index (χ1n) is 9.00. The average molecular weight is 432 g/mol. The van der Waals surface area contributed by atoms with E-state index in [9.17, 15) is 27.4 Å². The van der Waals surface area contributed by atoms with E-state index in [-0.39, 0.29) is 11.7 Å². The Labute approximate surface area is 169 Å². The molecular formula is C18H23F3N4O3S. The van der Waals surface area contributed by atoms with Crippen molar-refractivity contribution in [3.63, 3.8) is 0 Å². The highest BCUT2D eigenvalue weighted by Crippen LogP contribution is 2.23. The predicted octanol–water partition coefficient (Wildman–Crippen LogP) is 2.50. The highest BCUT2D eigenvalue weighted by Gasteiger charge is 2.29. The molecule has 0 saturated heterocycles. The van der Waals surface area contributed by atoms with E-state index in [4.69, 9.17) is 0 Å². The molecule has 0 aromatic carbocycles. The van der Waals surface area contributed by atoms with Crippen molar-refractivity contribution in [2.75, 3.05) is 23.0 Å². The van der Waals surface area contributed by atoms with Crippen molar-refractivity contribution in [2.24, 2.45) is 5.92 Å². The lowest BCUT2D eigenvalue weighted by atomic mass is 10.1. The van der Waals surface area contributed by atoms with Gasteiger partial charge in [-0.15, -0.1) is 0 Å². The number of halogens is 3. The Bertz CT molecular complexity index is 885. The van der Waals surface area contributed by atoms with Crippen LogP contribution in [0.1, 0.15) is 26.0 Å². The fraction of sp³-hybridized carbons (Fsp3) is 0.500. The standard InChI is InChI=1S/C18H23F3N4O3S/c1-4-24(17(26)13(2)12-29(28)9-7-18(19,20)21)16-11-25(22-14(16)3)15-6-5-8-23(27)10-15/h5-6,8,10-11,13H,4,7,9,12H2,1-3H3. The number of hydrogen-bond acceptors (Lipinski definition) is 4. The van der Waals surface area contributed by atoms with Gasteiger partial charge in [0.1, 0.15) is 5.69 Å². The Kier molecular flexibility index (Phi) is 7.39. The van der Waals surface area contributed by atoms with Crippen molar-refractivity contribution < 1.29 is 26.9 Å². The number of nitrogens with zero attached hydrogens (tertiary/aromatic N) is 4. The smallest absolute Gasteiger partial charge is 0.390 e. The first-order chi connectivity index (χ1) is 13.5. The largest absolute Gasteiger partial charge is 0.619 e. The van der Waals surface area contributed by atoms with Gasteiger partial charge in [-0.25, -0.2) is 4.68 Å². The number of aryl methyl sites for hydroxylation is 1. The summed E-state index contributed by atoms with van der Waals surface area (Å²) >= 11 is 0. The maximum absolute atomic E-state index is 12.8. The summed E-state index contributed by atoms with van der Waals surface area (Å²) in [5.41, 5.74) is 1.58. The molecule has 2 aromatic heterocycles. The zero-order valence-corrected chi connectivity index (χ0v) is 17.2. The van der Waals surface area contributed by atoms with Crippen molar-refractivity contribution in [2.45, 2.75) is 33.4 Å². The molecule has 11 heteroatoms. The van der Waals surface area contributed by atoms with Gasteiger partial charge < -0.3 is 10.1 Å². The van der Waals surface area contributed by atoms with Gasteiger partial charge >= 0.3 is 6.18 Å². The summed E-state index contributed by atoms with van der Waals surface area (Å²) in [5.74, 6) is -1.73. The third-order valence-corrected chi connectivity index (χ3v) is 5.77. The van der Waals surface area contributed by atoms with Crippen LogP contribution in [0.3, 0.4) is 0 Å². The van der Waals surface area contributed by atoms with Crippen molar-refractivity contribution in [3.05, 3.63) is 41.6 Å². The molecule has 2 rings (SSSR count). The van der Waals surface area contributed by atoms with Crippen LogP contribution in [0.2, 0.25) is 0 Å². The molecule has 0 N–H and O–H groups in total. The Morgan fingerprint density at radius 3 is 2.72 bits per heavy atom. The Balaban J connectivity index is 2.14. The number of pyridine rings is 1. The Morgan fingerprint density at radius 1 is 1.45 bits per heavy atom. The van der Waals surface area contributed by atoms with E-state index in [1.165, 1.54) is 22.0 Å². The molecule has 2 heterocycles. The van der Waals surface area contributed by atoms with Gasteiger partial charge in [-0.1, -0.05) is 6.92 Å².